The zero-order valence-corrected chi connectivity index (χ0v) is 18.7. The van der Waals surface area contributed by atoms with Gasteiger partial charge in [0.15, 0.2) is 0 Å². The fourth-order valence-electron chi connectivity index (χ4n) is 3.19. The first kappa shape index (κ1) is 23.4. The minimum atomic E-state index is -3.91. The highest BCUT2D eigenvalue weighted by molar-refractivity contribution is 7.89. The number of carbonyl (C=O) groups excluding carboxylic acids is 1. The van der Waals surface area contributed by atoms with E-state index in [2.05, 4.69) is 10.0 Å². The van der Waals surface area contributed by atoms with E-state index in [1.807, 2.05) is 30.3 Å². The fraction of sp³-hybridized carbons (Fsp3) is 0.208. The number of rotatable bonds is 9. The number of carbonyl (C=O) groups is 1. The van der Waals surface area contributed by atoms with Crippen molar-refractivity contribution in [1.82, 2.24) is 10.0 Å². The van der Waals surface area contributed by atoms with Crippen molar-refractivity contribution in [2.75, 3.05) is 13.7 Å². The Hall–Kier alpha value is -3.23. The van der Waals surface area contributed by atoms with Gasteiger partial charge in [-0.1, -0.05) is 42.5 Å². The number of nitrogens with one attached hydrogen (secondary N) is 2. The Bertz CT molecular complexity index is 1170. The molecule has 0 fully saturated rings. The Morgan fingerprint density at radius 3 is 2.38 bits per heavy atom. The van der Waals surface area contributed by atoms with Crippen molar-refractivity contribution in [2.24, 2.45) is 0 Å². The molecule has 2 N–H and O–H groups in total. The van der Waals surface area contributed by atoms with Gasteiger partial charge in [-0.25, -0.2) is 17.5 Å². The molecular formula is C24H25FN2O4S. The van der Waals surface area contributed by atoms with Gasteiger partial charge in [0.05, 0.1) is 13.2 Å². The molecule has 0 spiro atoms. The van der Waals surface area contributed by atoms with Crippen LogP contribution in [0.15, 0.2) is 77.7 Å². The molecule has 0 aliphatic rings. The third-order valence-corrected chi connectivity index (χ3v) is 6.46. The van der Waals surface area contributed by atoms with Crippen LogP contribution in [-0.2, 0) is 16.4 Å². The highest BCUT2D eigenvalue weighted by atomic mass is 32.2. The molecule has 0 saturated heterocycles. The monoisotopic (exact) mass is 456 g/mol. The van der Waals surface area contributed by atoms with E-state index in [9.17, 15) is 17.6 Å². The van der Waals surface area contributed by atoms with E-state index in [4.69, 9.17) is 4.74 Å². The maximum Gasteiger partial charge on any atom is 0.251 e. The van der Waals surface area contributed by atoms with Crippen molar-refractivity contribution < 1.29 is 22.3 Å². The van der Waals surface area contributed by atoms with Gasteiger partial charge in [0.25, 0.3) is 5.91 Å². The van der Waals surface area contributed by atoms with Crippen molar-refractivity contribution in [3.05, 3.63) is 95.3 Å². The lowest BCUT2D eigenvalue weighted by Gasteiger charge is -2.16. The molecule has 3 aromatic rings. The molecule has 6 nitrogen and oxygen atoms in total. The number of benzene rings is 3. The van der Waals surface area contributed by atoms with Crippen molar-refractivity contribution in [3.63, 3.8) is 0 Å². The van der Waals surface area contributed by atoms with E-state index < -0.39 is 22.0 Å². The average Bonchev–Trinajstić information content (AvgIpc) is 2.79. The second kappa shape index (κ2) is 10.4. The van der Waals surface area contributed by atoms with Crippen molar-refractivity contribution >= 4 is 15.9 Å². The van der Waals surface area contributed by atoms with E-state index >= 15 is 0 Å². The summed E-state index contributed by atoms with van der Waals surface area (Å²) >= 11 is 0. The summed E-state index contributed by atoms with van der Waals surface area (Å²) in [5.41, 5.74) is 1.90. The summed E-state index contributed by atoms with van der Waals surface area (Å²) in [6.45, 7) is 1.96. The standard InChI is InChI=1S/C24H25FN2O4S/c1-17(19-8-11-21(25)12-9-19)27-24(28)20-10-13-22(31-2)23(16-20)32(29,30)26-15-14-18-6-4-3-5-7-18/h3-13,16-17,26H,14-15H2,1-2H3,(H,27,28). The van der Waals surface area contributed by atoms with E-state index in [-0.39, 0.29) is 28.6 Å². The topological polar surface area (TPSA) is 84.5 Å². The molecule has 1 unspecified atom stereocenters. The van der Waals surface area contributed by atoms with Crippen LogP contribution in [0.25, 0.3) is 0 Å². The maximum absolute atomic E-state index is 13.1. The second-order valence-electron chi connectivity index (χ2n) is 7.25. The molecule has 0 bridgehead atoms. The predicted octanol–water partition coefficient (Wildman–Crippen LogP) is 3.85. The number of amides is 1. The smallest absolute Gasteiger partial charge is 0.251 e. The lowest BCUT2D eigenvalue weighted by molar-refractivity contribution is 0.0939. The number of hydrogen-bond acceptors (Lipinski definition) is 4. The van der Waals surface area contributed by atoms with Crippen molar-refractivity contribution in [3.8, 4) is 5.75 Å². The van der Waals surface area contributed by atoms with E-state index in [1.54, 1.807) is 19.1 Å². The molecular weight excluding hydrogens is 431 g/mol. The van der Waals surface area contributed by atoms with Crippen LogP contribution < -0.4 is 14.8 Å². The van der Waals surface area contributed by atoms with Crippen LogP contribution >= 0.6 is 0 Å². The normalized spacial score (nSPS) is 12.2. The van der Waals surface area contributed by atoms with Crippen LogP contribution in [0, 0.1) is 5.82 Å². The SMILES string of the molecule is COc1ccc(C(=O)NC(C)c2ccc(F)cc2)cc1S(=O)(=O)NCCc1ccccc1. The lowest BCUT2D eigenvalue weighted by atomic mass is 10.1. The van der Waals surface area contributed by atoms with Gasteiger partial charge >= 0.3 is 0 Å². The molecule has 0 heterocycles. The van der Waals surface area contributed by atoms with Gasteiger partial charge in [0.1, 0.15) is 16.5 Å². The molecule has 0 aliphatic heterocycles. The summed E-state index contributed by atoms with van der Waals surface area (Å²) in [6.07, 6.45) is 0.526. The molecule has 1 amide bonds. The molecule has 3 rings (SSSR count). The van der Waals surface area contributed by atoms with E-state index in [0.717, 1.165) is 11.1 Å². The molecule has 168 valence electrons. The quantitative estimate of drug-likeness (QED) is 0.512. The third-order valence-electron chi connectivity index (χ3n) is 4.98. The van der Waals surface area contributed by atoms with Crippen molar-refractivity contribution in [1.29, 1.82) is 0 Å². The average molecular weight is 457 g/mol. The summed E-state index contributed by atoms with van der Waals surface area (Å²) in [5, 5.41) is 2.80. The van der Waals surface area contributed by atoms with Gasteiger partial charge in [0, 0.05) is 12.1 Å². The highest BCUT2D eigenvalue weighted by Crippen LogP contribution is 2.25. The Morgan fingerprint density at radius 2 is 1.72 bits per heavy atom. The summed E-state index contributed by atoms with van der Waals surface area (Å²) in [6, 6.07) is 19.2. The van der Waals surface area contributed by atoms with Crippen LogP contribution in [0.3, 0.4) is 0 Å². The summed E-state index contributed by atoms with van der Waals surface area (Å²) in [5.74, 6) is -0.678. The summed E-state index contributed by atoms with van der Waals surface area (Å²) in [4.78, 5) is 12.6. The van der Waals surface area contributed by atoms with Gasteiger partial charge in [-0.05, 0) is 54.8 Å². The van der Waals surface area contributed by atoms with Crippen LogP contribution in [0.4, 0.5) is 4.39 Å². The molecule has 0 saturated carbocycles. The second-order valence-corrected chi connectivity index (χ2v) is 8.98. The van der Waals surface area contributed by atoms with E-state index in [1.165, 1.54) is 37.4 Å². The molecule has 0 aliphatic carbocycles. The van der Waals surface area contributed by atoms with Gasteiger partial charge in [0.2, 0.25) is 10.0 Å². The molecule has 0 aromatic heterocycles. The Balaban J connectivity index is 1.74. The Kier molecular flexibility index (Phi) is 7.61. The number of sulfonamides is 1. The largest absolute Gasteiger partial charge is 0.495 e. The lowest BCUT2D eigenvalue weighted by Crippen LogP contribution is -2.28. The summed E-state index contributed by atoms with van der Waals surface area (Å²) < 4.78 is 46.7. The summed E-state index contributed by atoms with van der Waals surface area (Å²) in [7, 11) is -2.54. The first-order chi connectivity index (χ1) is 15.3. The Labute approximate surface area is 187 Å². The fourth-order valence-corrected chi connectivity index (χ4v) is 4.42. The minimum absolute atomic E-state index is 0.116. The van der Waals surface area contributed by atoms with Gasteiger partial charge in [-0.15, -0.1) is 0 Å². The van der Waals surface area contributed by atoms with Gasteiger partial charge in [-0.3, -0.25) is 4.79 Å². The molecule has 8 heteroatoms. The van der Waals surface area contributed by atoms with Crippen molar-refractivity contribution in [2.45, 2.75) is 24.3 Å². The molecule has 0 radical (unpaired) electrons. The number of hydrogen-bond donors (Lipinski definition) is 2. The van der Waals surface area contributed by atoms with Gasteiger partial charge < -0.3 is 10.1 Å². The Morgan fingerprint density at radius 1 is 1.03 bits per heavy atom. The highest BCUT2D eigenvalue weighted by Gasteiger charge is 2.22. The molecule has 3 aromatic carbocycles. The zero-order valence-electron chi connectivity index (χ0n) is 17.8. The third kappa shape index (κ3) is 5.93. The van der Waals surface area contributed by atoms with Gasteiger partial charge in [-0.2, -0.15) is 0 Å². The number of ether oxygens (including phenoxy) is 1. The van der Waals surface area contributed by atoms with Crippen LogP contribution in [0.5, 0.6) is 5.75 Å². The van der Waals surface area contributed by atoms with E-state index in [0.29, 0.717) is 6.42 Å². The number of methoxy groups -OCH3 is 1. The maximum atomic E-state index is 13.1. The predicted molar refractivity (Wildman–Crippen MR) is 121 cm³/mol. The number of halogens is 1. The van der Waals surface area contributed by atoms with Crippen LogP contribution in [-0.4, -0.2) is 28.0 Å². The zero-order chi connectivity index (χ0) is 23.1. The molecule has 1 atom stereocenters. The van der Waals surface area contributed by atoms with Crippen LogP contribution in [0.1, 0.15) is 34.5 Å². The first-order valence-electron chi connectivity index (χ1n) is 10.1. The first-order valence-corrected chi connectivity index (χ1v) is 11.6. The molecule has 32 heavy (non-hydrogen) atoms. The minimum Gasteiger partial charge on any atom is -0.495 e. The van der Waals surface area contributed by atoms with Crippen LogP contribution in [0.2, 0.25) is 0 Å².